The van der Waals surface area contributed by atoms with Crippen LogP contribution < -0.4 is 10.1 Å². The van der Waals surface area contributed by atoms with Gasteiger partial charge in [0.05, 0.1) is 19.3 Å². The lowest BCUT2D eigenvalue weighted by Crippen LogP contribution is -2.49. The largest absolute Gasteiger partial charge is 0.497 e. The highest BCUT2D eigenvalue weighted by atomic mass is 16.5. The Hall–Kier alpha value is -1.83. The van der Waals surface area contributed by atoms with Crippen molar-refractivity contribution >= 4 is 5.96 Å². The Morgan fingerprint density at radius 3 is 2.38 bits per heavy atom. The van der Waals surface area contributed by atoms with E-state index in [1.165, 1.54) is 24.8 Å². The smallest absolute Gasteiger partial charge is 0.193 e. The Morgan fingerprint density at radius 2 is 1.75 bits per heavy atom. The highest BCUT2D eigenvalue weighted by molar-refractivity contribution is 5.80. The van der Waals surface area contributed by atoms with E-state index in [0.717, 1.165) is 76.9 Å². The molecule has 1 aromatic carbocycles. The van der Waals surface area contributed by atoms with Gasteiger partial charge in [0.1, 0.15) is 5.75 Å². The summed E-state index contributed by atoms with van der Waals surface area (Å²) >= 11 is 0. The van der Waals surface area contributed by atoms with Crippen molar-refractivity contribution < 1.29 is 14.2 Å². The van der Waals surface area contributed by atoms with E-state index in [-0.39, 0.29) is 0 Å². The molecule has 32 heavy (non-hydrogen) atoms. The molecular weight excluding hydrogens is 404 g/mol. The van der Waals surface area contributed by atoms with Crippen molar-refractivity contribution in [2.45, 2.75) is 50.7 Å². The summed E-state index contributed by atoms with van der Waals surface area (Å²) < 4.78 is 16.5. The van der Waals surface area contributed by atoms with Crippen molar-refractivity contribution in [1.29, 1.82) is 0 Å². The molecule has 0 spiro atoms. The molecule has 2 saturated heterocycles. The number of aliphatic imine (C=N–C) groups is 1. The lowest BCUT2D eigenvalue weighted by Gasteiger charge is -2.37. The molecule has 7 heteroatoms. The first-order chi connectivity index (χ1) is 15.7. The summed E-state index contributed by atoms with van der Waals surface area (Å²) in [5.74, 6) is 1.90. The first-order valence-corrected chi connectivity index (χ1v) is 12.2. The molecule has 0 bridgehead atoms. The number of hydrogen-bond donors (Lipinski definition) is 1. The summed E-state index contributed by atoms with van der Waals surface area (Å²) in [4.78, 5) is 9.59. The number of benzene rings is 1. The lowest BCUT2D eigenvalue weighted by atomic mass is 10.0. The lowest BCUT2D eigenvalue weighted by molar-refractivity contribution is 0.00984. The van der Waals surface area contributed by atoms with Crippen LogP contribution in [0.5, 0.6) is 5.75 Å². The molecule has 2 heterocycles. The number of likely N-dealkylation sites (tertiary alicyclic amines) is 2. The summed E-state index contributed by atoms with van der Waals surface area (Å²) in [7, 11) is 5.34. The number of guanidine groups is 1. The van der Waals surface area contributed by atoms with Gasteiger partial charge in [-0.3, -0.25) is 9.89 Å². The SMILES string of the molecule is CN=C(NCC(c1ccc(OC)cc1)N1CCCCC1)N1CCC(OCCCOC)CC1. The van der Waals surface area contributed by atoms with Crippen LogP contribution in [0.1, 0.15) is 50.1 Å². The van der Waals surface area contributed by atoms with E-state index < -0.39 is 0 Å². The maximum Gasteiger partial charge on any atom is 0.193 e. The molecule has 0 aliphatic carbocycles. The maximum absolute atomic E-state index is 6.02. The van der Waals surface area contributed by atoms with E-state index in [2.05, 4.69) is 44.4 Å². The van der Waals surface area contributed by atoms with E-state index in [9.17, 15) is 0 Å². The van der Waals surface area contributed by atoms with Gasteiger partial charge in [-0.05, 0) is 62.9 Å². The second-order valence-corrected chi connectivity index (χ2v) is 8.72. The van der Waals surface area contributed by atoms with E-state index in [0.29, 0.717) is 12.1 Å². The summed E-state index contributed by atoms with van der Waals surface area (Å²) in [5, 5.41) is 3.68. The van der Waals surface area contributed by atoms with Gasteiger partial charge in [0.2, 0.25) is 0 Å². The Morgan fingerprint density at radius 1 is 1.03 bits per heavy atom. The molecule has 0 amide bonds. The molecule has 1 aromatic rings. The standard InChI is InChI=1S/C25H42N4O3/c1-26-25(29-16-12-23(13-17-29)32-19-7-18-30-2)27-20-24(28-14-5-4-6-15-28)21-8-10-22(31-3)11-9-21/h8-11,23-24H,4-7,12-20H2,1-3H3,(H,26,27). The fourth-order valence-electron chi connectivity index (χ4n) is 4.72. The van der Waals surface area contributed by atoms with E-state index in [1.807, 2.05) is 7.05 Å². The second kappa shape index (κ2) is 13.7. The third kappa shape index (κ3) is 7.36. The van der Waals surface area contributed by atoms with Gasteiger partial charge in [-0.1, -0.05) is 18.6 Å². The molecule has 1 N–H and O–H groups in total. The molecular formula is C25H42N4O3. The second-order valence-electron chi connectivity index (χ2n) is 8.72. The minimum Gasteiger partial charge on any atom is -0.497 e. The quantitative estimate of drug-likeness (QED) is 0.338. The molecule has 0 saturated carbocycles. The predicted molar refractivity (Wildman–Crippen MR) is 130 cm³/mol. The van der Waals surface area contributed by atoms with E-state index >= 15 is 0 Å². The number of nitrogens with zero attached hydrogens (tertiary/aromatic N) is 3. The van der Waals surface area contributed by atoms with Crippen molar-refractivity contribution in [3.8, 4) is 5.75 Å². The van der Waals surface area contributed by atoms with Crippen LogP contribution in [-0.2, 0) is 9.47 Å². The highest BCUT2D eigenvalue weighted by Crippen LogP contribution is 2.26. The van der Waals surface area contributed by atoms with Gasteiger partial charge in [0.15, 0.2) is 5.96 Å². The van der Waals surface area contributed by atoms with Crippen molar-refractivity contribution in [3.63, 3.8) is 0 Å². The number of rotatable bonds is 10. The van der Waals surface area contributed by atoms with E-state index in [4.69, 9.17) is 14.2 Å². The third-order valence-corrected chi connectivity index (χ3v) is 6.59. The van der Waals surface area contributed by atoms with Crippen LogP contribution in [0.4, 0.5) is 0 Å². The highest BCUT2D eigenvalue weighted by Gasteiger charge is 2.25. The predicted octanol–water partition coefficient (Wildman–Crippen LogP) is 3.32. The van der Waals surface area contributed by atoms with Crippen LogP contribution in [0.25, 0.3) is 0 Å². The van der Waals surface area contributed by atoms with Crippen LogP contribution in [0.2, 0.25) is 0 Å². The van der Waals surface area contributed by atoms with Crippen molar-refractivity contribution in [2.24, 2.45) is 4.99 Å². The maximum atomic E-state index is 6.02. The number of nitrogens with one attached hydrogen (secondary N) is 1. The Kier molecular flexibility index (Phi) is 10.6. The molecule has 180 valence electrons. The van der Waals surface area contributed by atoms with Crippen LogP contribution in [-0.4, -0.2) is 89.1 Å². The van der Waals surface area contributed by atoms with E-state index in [1.54, 1.807) is 14.2 Å². The minimum absolute atomic E-state index is 0.333. The van der Waals surface area contributed by atoms with Crippen LogP contribution in [0.15, 0.2) is 29.3 Å². The Bertz CT molecular complexity index is 668. The van der Waals surface area contributed by atoms with Gasteiger partial charge in [-0.15, -0.1) is 0 Å². The van der Waals surface area contributed by atoms with Crippen molar-refractivity contribution in [3.05, 3.63) is 29.8 Å². The van der Waals surface area contributed by atoms with Crippen LogP contribution >= 0.6 is 0 Å². The Balaban J connectivity index is 1.54. The zero-order valence-corrected chi connectivity index (χ0v) is 20.2. The third-order valence-electron chi connectivity index (χ3n) is 6.59. The summed E-state index contributed by atoms with van der Waals surface area (Å²) in [6.45, 7) is 6.67. The van der Waals surface area contributed by atoms with Crippen molar-refractivity contribution in [1.82, 2.24) is 15.1 Å². The zero-order chi connectivity index (χ0) is 22.6. The molecule has 1 atom stereocenters. The zero-order valence-electron chi connectivity index (χ0n) is 20.2. The average molecular weight is 447 g/mol. The van der Waals surface area contributed by atoms with Gasteiger partial charge < -0.3 is 24.4 Å². The molecule has 7 nitrogen and oxygen atoms in total. The topological polar surface area (TPSA) is 58.6 Å². The van der Waals surface area contributed by atoms with Gasteiger partial charge in [-0.25, -0.2) is 0 Å². The number of ether oxygens (including phenoxy) is 3. The van der Waals surface area contributed by atoms with Crippen LogP contribution in [0.3, 0.4) is 0 Å². The van der Waals surface area contributed by atoms with Gasteiger partial charge in [-0.2, -0.15) is 0 Å². The number of methoxy groups -OCH3 is 2. The Labute approximate surface area is 194 Å². The molecule has 2 aliphatic heterocycles. The first-order valence-electron chi connectivity index (χ1n) is 12.2. The van der Waals surface area contributed by atoms with Gasteiger partial charge in [0.25, 0.3) is 0 Å². The fourth-order valence-corrected chi connectivity index (χ4v) is 4.72. The van der Waals surface area contributed by atoms with Gasteiger partial charge >= 0.3 is 0 Å². The van der Waals surface area contributed by atoms with Gasteiger partial charge in [0, 0.05) is 47.0 Å². The summed E-state index contributed by atoms with van der Waals surface area (Å²) in [6.07, 6.45) is 7.29. The average Bonchev–Trinajstić information content (AvgIpc) is 2.86. The number of piperidine rings is 2. The fraction of sp³-hybridized carbons (Fsp3) is 0.720. The summed E-state index contributed by atoms with van der Waals surface area (Å²) in [6, 6.07) is 8.88. The molecule has 2 aliphatic rings. The molecule has 0 radical (unpaired) electrons. The monoisotopic (exact) mass is 446 g/mol. The molecule has 2 fully saturated rings. The molecule has 1 unspecified atom stereocenters. The molecule has 0 aromatic heterocycles. The first kappa shape index (κ1) is 24.8. The van der Waals surface area contributed by atoms with Crippen molar-refractivity contribution in [2.75, 3.05) is 67.2 Å². The number of hydrogen-bond acceptors (Lipinski definition) is 5. The summed E-state index contributed by atoms with van der Waals surface area (Å²) in [5.41, 5.74) is 1.33. The minimum atomic E-state index is 0.333. The van der Waals surface area contributed by atoms with Crippen LogP contribution in [0, 0.1) is 0 Å². The molecule has 3 rings (SSSR count). The normalized spacial score (nSPS) is 19.7.